The van der Waals surface area contributed by atoms with Crippen LogP contribution in [0.5, 0.6) is 0 Å². The Morgan fingerprint density at radius 2 is 1.91 bits per heavy atom. The minimum absolute atomic E-state index is 0.0480. The summed E-state index contributed by atoms with van der Waals surface area (Å²) in [5.41, 5.74) is 2.87. The molecule has 0 fully saturated rings. The number of hydrazone groups is 1. The molecule has 118 valence electrons. The van der Waals surface area contributed by atoms with E-state index in [-0.39, 0.29) is 17.9 Å². The number of nitrogens with one attached hydrogen (secondary N) is 2. The lowest BCUT2D eigenvalue weighted by atomic mass is 10.1. The molecule has 8 nitrogen and oxygen atoms in total. The molecule has 0 unspecified atom stereocenters. The molecule has 0 saturated carbocycles. The Bertz CT molecular complexity index is 720. The number of carbonyl (C=O) groups excluding carboxylic acids is 3. The molecule has 0 saturated heterocycles. The second-order valence-corrected chi connectivity index (χ2v) is 4.36. The zero-order valence-electron chi connectivity index (χ0n) is 11.8. The summed E-state index contributed by atoms with van der Waals surface area (Å²) in [5, 5.41) is 16.6. The van der Waals surface area contributed by atoms with Crippen LogP contribution in [0.15, 0.2) is 52.2 Å². The Hall–Kier alpha value is -3.42. The van der Waals surface area contributed by atoms with E-state index < -0.39 is 17.8 Å². The molecule has 0 atom stereocenters. The molecule has 1 aromatic carbocycles. The third-order valence-corrected chi connectivity index (χ3v) is 2.70. The van der Waals surface area contributed by atoms with Crippen LogP contribution in [0.4, 0.5) is 0 Å². The van der Waals surface area contributed by atoms with Gasteiger partial charge in [-0.3, -0.25) is 9.59 Å². The van der Waals surface area contributed by atoms with E-state index in [9.17, 15) is 19.5 Å². The van der Waals surface area contributed by atoms with Gasteiger partial charge in [0.05, 0.1) is 25.0 Å². The van der Waals surface area contributed by atoms with Crippen LogP contribution < -0.4 is 15.8 Å². The van der Waals surface area contributed by atoms with Crippen LogP contribution in [0.3, 0.4) is 0 Å². The number of aromatic carboxylic acids is 1. The van der Waals surface area contributed by atoms with Crippen LogP contribution >= 0.6 is 0 Å². The minimum Gasteiger partial charge on any atom is -0.545 e. The van der Waals surface area contributed by atoms with Gasteiger partial charge in [-0.1, -0.05) is 24.3 Å². The predicted octanol–water partition coefficient (Wildman–Crippen LogP) is -0.477. The lowest BCUT2D eigenvalue weighted by Crippen LogP contribution is -2.34. The van der Waals surface area contributed by atoms with Crippen LogP contribution in [0.25, 0.3) is 0 Å². The fourth-order valence-corrected chi connectivity index (χ4v) is 1.58. The molecule has 0 radical (unpaired) electrons. The number of rotatable bonds is 6. The number of benzene rings is 1. The highest BCUT2D eigenvalue weighted by Gasteiger charge is 2.09. The van der Waals surface area contributed by atoms with Crippen molar-refractivity contribution in [2.45, 2.75) is 0 Å². The van der Waals surface area contributed by atoms with Crippen molar-refractivity contribution >= 4 is 24.0 Å². The zero-order chi connectivity index (χ0) is 16.7. The standard InChI is InChI=1S/C15H13N3O5/c19-13(9-16-14(20)12-2-1-7-23-12)18-17-8-10-3-5-11(6-4-10)15(21)22/h1-8H,9H2,(H,16,20)(H,18,19)(H,21,22)/p-1/b17-8-. The van der Waals surface area contributed by atoms with Crippen LogP contribution in [-0.4, -0.2) is 30.5 Å². The van der Waals surface area contributed by atoms with Crippen molar-refractivity contribution in [3.05, 3.63) is 59.5 Å². The molecular weight excluding hydrogens is 302 g/mol. The van der Waals surface area contributed by atoms with Gasteiger partial charge in [0.25, 0.3) is 11.8 Å². The predicted molar refractivity (Wildman–Crippen MR) is 77.6 cm³/mol. The number of carbonyl (C=O) groups is 3. The summed E-state index contributed by atoms with van der Waals surface area (Å²) in [6.45, 7) is -0.263. The highest BCUT2D eigenvalue weighted by molar-refractivity contribution is 5.94. The number of hydrogen-bond acceptors (Lipinski definition) is 6. The smallest absolute Gasteiger partial charge is 0.287 e. The van der Waals surface area contributed by atoms with Gasteiger partial charge in [0.2, 0.25) is 0 Å². The van der Waals surface area contributed by atoms with Gasteiger partial charge in [0, 0.05) is 0 Å². The van der Waals surface area contributed by atoms with E-state index in [0.29, 0.717) is 5.56 Å². The average molecular weight is 314 g/mol. The summed E-state index contributed by atoms with van der Waals surface area (Å²) in [5.74, 6) is -2.19. The summed E-state index contributed by atoms with van der Waals surface area (Å²) in [6.07, 6.45) is 2.69. The van der Waals surface area contributed by atoms with E-state index in [1.54, 1.807) is 6.07 Å². The van der Waals surface area contributed by atoms with E-state index in [2.05, 4.69) is 15.8 Å². The summed E-state index contributed by atoms with van der Waals surface area (Å²) in [6, 6.07) is 8.79. The average Bonchev–Trinajstić information content (AvgIpc) is 3.07. The third-order valence-electron chi connectivity index (χ3n) is 2.70. The molecule has 0 aliphatic carbocycles. The summed E-state index contributed by atoms with van der Waals surface area (Å²) >= 11 is 0. The Balaban J connectivity index is 1.77. The fraction of sp³-hybridized carbons (Fsp3) is 0.0667. The van der Waals surface area contributed by atoms with Crippen LogP contribution in [0.2, 0.25) is 0 Å². The molecule has 2 amide bonds. The molecule has 0 bridgehead atoms. The molecule has 1 heterocycles. The first-order valence-electron chi connectivity index (χ1n) is 6.51. The first-order chi connectivity index (χ1) is 11.1. The molecule has 2 N–H and O–H groups in total. The maximum absolute atomic E-state index is 11.5. The minimum atomic E-state index is -1.27. The molecule has 0 aliphatic heterocycles. The van der Waals surface area contributed by atoms with Gasteiger partial charge in [-0.15, -0.1) is 0 Å². The molecule has 0 spiro atoms. The maximum Gasteiger partial charge on any atom is 0.287 e. The number of amides is 2. The van der Waals surface area contributed by atoms with Crippen molar-refractivity contribution in [2.75, 3.05) is 6.54 Å². The van der Waals surface area contributed by atoms with E-state index in [1.807, 2.05) is 0 Å². The monoisotopic (exact) mass is 314 g/mol. The number of carboxylic acid groups (broad SMARTS) is 1. The molecule has 23 heavy (non-hydrogen) atoms. The fourth-order valence-electron chi connectivity index (χ4n) is 1.58. The van der Waals surface area contributed by atoms with Crippen molar-refractivity contribution in [1.82, 2.24) is 10.7 Å². The molecular formula is C15H12N3O5-. The van der Waals surface area contributed by atoms with Crippen molar-refractivity contribution < 1.29 is 23.9 Å². The van der Waals surface area contributed by atoms with Crippen molar-refractivity contribution in [2.24, 2.45) is 5.10 Å². The first kappa shape index (κ1) is 16.0. The van der Waals surface area contributed by atoms with Crippen LogP contribution in [0, 0.1) is 0 Å². The maximum atomic E-state index is 11.5. The lowest BCUT2D eigenvalue weighted by Gasteiger charge is -2.02. The van der Waals surface area contributed by atoms with Crippen molar-refractivity contribution in [3.8, 4) is 0 Å². The summed E-state index contributed by atoms with van der Waals surface area (Å²) in [4.78, 5) is 33.6. The molecule has 2 aromatic rings. The Labute approximate surface area is 130 Å². The van der Waals surface area contributed by atoms with E-state index in [0.717, 1.165) is 0 Å². The zero-order valence-corrected chi connectivity index (χ0v) is 11.8. The lowest BCUT2D eigenvalue weighted by molar-refractivity contribution is -0.255. The number of furan rings is 1. The summed E-state index contributed by atoms with van der Waals surface area (Å²) in [7, 11) is 0. The van der Waals surface area contributed by atoms with Crippen molar-refractivity contribution in [1.29, 1.82) is 0 Å². The second-order valence-electron chi connectivity index (χ2n) is 4.36. The van der Waals surface area contributed by atoms with E-state index >= 15 is 0 Å². The molecule has 0 aliphatic rings. The van der Waals surface area contributed by atoms with Gasteiger partial charge < -0.3 is 19.6 Å². The van der Waals surface area contributed by atoms with Crippen LogP contribution in [-0.2, 0) is 4.79 Å². The molecule has 8 heteroatoms. The largest absolute Gasteiger partial charge is 0.545 e. The highest BCUT2D eigenvalue weighted by atomic mass is 16.4. The SMILES string of the molecule is O=C(CNC(=O)c1ccco1)N/N=C\c1ccc(C(=O)[O-])cc1. The van der Waals surface area contributed by atoms with Gasteiger partial charge in [0.15, 0.2) is 5.76 Å². The van der Waals surface area contributed by atoms with E-state index in [1.165, 1.54) is 42.8 Å². The molecule has 2 rings (SSSR count). The van der Waals surface area contributed by atoms with Gasteiger partial charge >= 0.3 is 0 Å². The van der Waals surface area contributed by atoms with Crippen LogP contribution in [0.1, 0.15) is 26.5 Å². The van der Waals surface area contributed by atoms with Crippen molar-refractivity contribution in [3.63, 3.8) is 0 Å². The van der Waals surface area contributed by atoms with Gasteiger partial charge in [-0.2, -0.15) is 5.10 Å². The number of carboxylic acids is 1. The number of nitrogens with zero attached hydrogens (tertiary/aromatic N) is 1. The normalized spacial score (nSPS) is 10.4. The Morgan fingerprint density at radius 3 is 2.52 bits per heavy atom. The topological polar surface area (TPSA) is 124 Å². The number of hydrogen-bond donors (Lipinski definition) is 2. The Kier molecular flexibility index (Phi) is 5.24. The summed E-state index contributed by atoms with van der Waals surface area (Å²) < 4.78 is 4.87. The Morgan fingerprint density at radius 1 is 1.17 bits per heavy atom. The highest BCUT2D eigenvalue weighted by Crippen LogP contribution is 2.01. The first-order valence-corrected chi connectivity index (χ1v) is 6.51. The van der Waals surface area contributed by atoms with E-state index in [4.69, 9.17) is 4.42 Å². The van der Waals surface area contributed by atoms with Gasteiger partial charge in [-0.05, 0) is 23.3 Å². The molecule has 1 aromatic heterocycles. The second kappa shape index (κ2) is 7.55. The third kappa shape index (κ3) is 4.81. The quantitative estimate of drug-likeness (QED) is 0.550. The van der Waals surface area contributed by atoms with Gasteiger partial charge in [0.1, 0.15) is 0 Å². The van der Waals surface area contributed by atoms with Gasteiger partial charge in [-0.25, -0.2) is 5.43 Å².